The number of ether oxygens (including phenoxy) is 1. The Labute approximate surface area is 135 Å². The van der Waals surface area contributed by atoms with Crippen molar-refractivity contribution in [1.82, 2.24) is 0 Å². The highest BCUT2D eigenvalue weighted by atomic mass is 16.5. The first-order valence-electron chi connectivity index (χ1n) is 8.19. The van der Waals surface area contributed by atoms with E-state index < -0.39 is 0 Å². The van der Waals surface area contributed by atoms with Crippen molar-refractivity contribution in [2.45, 2.75) is 26.2 Å². The maximum absolute atomic E-state index is 12.4. The van der Waals surface area contributed by atoms with Gasteiger partial charge in [0.25, 0.3) is 0 Å². The summed E-state index contributed by atoms with van der Waals surface area (Å²) in [5, 5.41) is 2.41. The molecule has 1 heterocycles. The van der Waals surface area contributed by atoms with Crippen LogP contribution in [0.25, 0.3) is 10.8 Å². The highest BCUT2D eigenvalue weighted by Crippen LogP contribution is 2.38. The molecule has 23 heavy (non-hydrogen) atoms. The predicted octanol–water partition coefficient (Wildman–Crippen LogP) is 2.85. The van der Waals surface area contributed by atoms with Crippen molar-refractivity contribution in [2.24, 2.45) is 5.92 Å². The Balaban J connectivity index is 1.73. The quantitative estimate of drug-likeness (QED) is 0.819. The van der Waals surface area contributed by atoms with Gasteiger partial charge in [-0.25, -0.2) is 0 Å². The second-order valence-electron chi connectivity index (χ2n) is 6.24. The molecule has 2 aromatic rings. The van der Waals surface area contributed by atoms with Gasteiger partial charge in [-0.05, 0) is 42.3 Å². The first-order chi connectivity index (χ1) is 11.2. The summed E-state index contributed by atoms with van der Waals surface area (Å²) in [5.74, 6) is -0.624. The van der Waals surface area contributed by atoms with Crippen molar-refractivity contribution in [2.75, 3.05) is 18.1 Å². The van der Waals surface area contributed by atoms with Crippen LogP contribution in [0.1, 0.15) is 24.5 Å². The molecule has 1 fully saturated rings. The van der Waals surface area contributed by atoms with E-state index in [1.165, 1.54) is 16.5 Å². The maximum Gasteiger partial charge on any atom is 0.311 e. The fraction of sp³-hybridized carbons (Fsp3) is 0.368. The number of carbonyl (C=O) groups is 2. The van der Waals surface area contributed by atoms with E-state index in [0.717, 1.165) is 23.9 Å². The van der Waals surface area contributed by atoms with E-state index in [9.17, 15) is 9.59 Å². The molecule has 0 N–H and O–H groups in total. The Kier molecular flexibility index (Phi) is 3.33. The van der Waals surface area contributed by atoms with Crippen LogP contribution in [0.3, 0.4) is 0 Å². The van der Waals surface area contributed by atoms with E-state index in [0.29, 0.717) is 13.2 Å². The molecule has 0 radical (unpaired) electrons. The molecule has 0 aromatic heterocycles. The number of anilines is 1. The Hall–Kier alpha value is -2.36. The zero-order chi connectivity index (χ0) is 16.0. The zero-order valence-electron chi connectivity index (χ0n) is 13.2. The molecule has 1 saturated heterocycles. The third-order valence-electron chi connectivity index (χ3n) is 4.89. The van der Waals surface area contributed by atoms with Crippen LogP contribution in [-0.2, 0) is 27.2 Å². The van der Waals surface area contributed by atoms with Gasteiger partial charge in [0.05, 0.1) is 18.2 Å². The second-order valence-corrected chi connectivity index (χ2v) is 6.24. The van der Waals surface area contributed by atoms with Crippen LogP contribution in [-0.4, -0.2) is 25.0 Å². The van der Waals surface area contributed by atoms with Crippen LogP contribution in [0, 0.1) is 5.92 Å². The van der Waals surface area contributed by atoms with E-state index in [2.05, 4.69) is 24.3 Å². The molecule has 0 saturated carbocycles. The van der Waals surface area contributed by atoms with E-state index in [1.54, 1.807) is 11.8 Å². The average molecular weight is 309 g/mol. The van der Waals surface area contributed by atoms with E-state index in [4.69, 9.17) is 4.74 Å². The van der Waals surface area contributed by atoms with Gasteiger partial charge in [-0.1, -0.05) is 24.3 Å². The van der Waals surface area contributed by atoms with Gasteiger partial charge in [-0.3, -0.25) is 9.59 Å². The Morgan fingerprint density at radius 1 is 1.22 bits per heavy atom. The molecule has 1 aliphatic heterocycles. The first kappa shape index (κ1) is 14.2. The molecule has 4 nitrogen and oxygen atoms in total. The van der Waals surface area contributed by atoms with Crippen molar-refractivity contribution in [3.63, 3.8) is 0 Å². The minimum Gasteiger partial charge on any atom is -0.466 e. The number of benzene rings is 2. The van der Waals surface area contributed by atoms with Crippen molar-refractivity contribution >= 4 is 28.3 Å². The Morgan fingerprint density at radius 3 is 2.78 bits per heavy atom. The fourth-order valence-corrected chi connectivity index (χ4v) is 3.83. The first-order valence-corrected chi connectivity index (χ1v) is 8.19. The summed E-state index contributed by atoms with van der Waals surface area (Å²) >= 11 is 0. The molecule has 1 aliphatic carbocycles. The van der Waals surface area contributed by atoms with Crippen LogP contribution in [0.2, 0.25) is 0 Å². The Bertz CT molecular complexity index is 801. The molecule has 0 spiro atoms. The number of aryl methyl sites for hydroxylation is 2. The predicted molar refractivity (Wildman–Crippen MR) is 88.4 cm³/mol. The van der Waals surface area contributed by atoms with Crippen LogP contribution in [0.15, 0.2) is 30.3 Å². The molecule has 118 valence electrons. The van der Waals surface area contributed by atoms with Crippen molar-refractivity contribution in [3.8, 4) is 0 Å². The van der Waals surface area contributed by atoms with Crippen LogP contribution in [0.4, 0.5) is 5.69 Å². The van der Waals surface area contributed by atoms with Gasteiger partial charge >= 0.3 is 5.97 Å². The van der Waals surface area contributed by atoms with E-state index in [1.807, 2.05) is 6.07 Å². The molecule has 1 unspecified atom stereocenters. The molecule has 4 rings (SSSR count). The largest absolute Gasteiger partial charge is 0.466 e. The lowest BCUT2D eigenvalue weighted by Gasteiger charge is -2.19. The molecular weight excluding hydrogens is 290 g/mol. The Morgan fingerprint density at radius 2 is 2.00 bits per heavy atom. The highest BCUT2D eigenvalue weighted by Gasteiger charge is 2.37. The SMILES string of the molecule is CCOC(=O)C1CC(=O)N(c2ccc3c4c(cccc24)CC3)C1. The number of carbonyl (C=O) groups excluding carboxylic acids is 2. The van der Waals surface area contributed by atoms with Crippen LogP contribution >= 0.6 is 0 Å². The number of rotatable bonds is 3. The van der Waals surface area contributed by atoms with Crippen molar-refractivity contribution in [3.05, 3.63) is 41.5 Å². The standard InChI is InChI=1S/C19H19NO3/c1-2-23-19(22)14-10-17(21)20(11-14)16-9-8-13-7-6-12-4-3-5-15(16)18(12)13/h3-5,8-9,14H,2,6-7,10-11H2,1H3. The number of hydrogen-bond acceptors (Lipinski definition) is 3. The third-order valence-corrected chi connectivity index (χ3v) is 4.89. The summed E-state index contributed by atoms with van der Waals surface area (Å²) in [7, 11) is 0. The average Bonchev–Trinajstić information content (AvgIpc) is 3.14. The molecule has 1 amide bonds. The smallest absolute Gasteiger partial charge is 0.311 e. The fourth-order valence-electron chi connectivity index (χ4n) is 3.83. The maximum atomic E-state index is 12.4. The molecule has 0 bridgehead atoms. The van der Waals surface area contributed by atoms with Crippen LogP contribution in [0.5, 0.6) is 0 Å². The van der Waals surface area contributed by atoms with E-state index in [-0.39, 0.29) is 24.2 Å². The molecule has 2 aromatic carbocycles. The number of nitrogens with zero attached hydrogens (tertiary/aromatic N) is 1. The summed E-state index contributed by atoms with van der Waals surface area (Å²) in [4.78, 5) is 26.1. The molecule has 4 heteroatoms. The number of hydrogen-bond donors (Lipinski definition) is 0. The lowest BCUT2D eigenvalue weighted by Crippen LogP contribution is -2.26. The summed E-state index contributed by atoms with van der Waals surface area (Å²) < 4.78 is 5.08. The summed E-state index contributed by atoms with van der Waals surface area (Å²) in [6.45, 7) is 2.55. The lowest BCUT2D eigenvalue weighted by atomic mass is 10.0. The molecule has 1 atom stereocenters. The lowest BCUT2D eigenvalue weighted by molar-refractivity contribution is -0.147. The second kappa shape index (κ2) is 5.37. The zero-order valence-corrected chi connectivity index (χ0v) is 13.2. The van der Waals surface area contributed by atoms with Crippen molar-refractivity contribution < 1.29 is 14.3 Å². The van der Waals surface area contributed by atoms with Crippen LogP contribution < -0.4 is 4.90 Å². The van der Waals surface area contributed by atoms with Gasteiger partial charge in [-0.15, -0.1) is 0 Å². The number of esters is 1. The molecular formula is C19H19NO3. The van der Waals surface area contributed by atoms with Gasteiger partial charge in [0, 0.05) is 18.4 Å². The minimum atomic E-state index is -0.356. The summed E-state index contributed by atoms with van der Waals surface area (Å²) in [6.07, 6.45) is 2.37. The topological polar surface area (TPSA) is 46.6 Å². The summed E-state index contributed by atoms with van der Waals surface area (Å²) in [5.41, 5.74) is 3.63. The minimum absolute atomic E-state index is 0.00162. The third kappa shape index (κ3) is 2.21. The monoisotopic (exact) mass is 309 g/mol. The van der Waals surface area contributed by atoms with Gasteiger partial charge in [-0.2, -0.15) is 0 Å². The number of amides is 1. The normalized spacial score (nSPS) is 19.6. The van der Waals surface area contributed by atoms with Crippen molar-refractivity contribution in [1.29, 1.82) is 0 Å². The van der Waals surface area contributed by atoms with Gasteiger partial charge < -0.3 is 9.64 Å². The van der Waals surface area contributed by atoms with E-state index >= 15 is 0 Å². The molecule has 2 aliphatic rings. The highest BCUT2D eigenvalue weighted by molar-refractivity contribution is 6.08. The van der Waals surface area contributed by atoms with Gasteiger partial charge in [0.15, 0.2) is 0 Å². The summed E-state index contributed by atoms with van der Waals surface area (Å²) in [6, 6.07) is 10.4. The van der Waals surface area contributed by atoms with Gasteiger partial charge in [0.2, 0.25) is 5.91 Å². The van der Waals surface area contributed by atoms with Gasteiger partial charge in [0.1, 0.15) is 0 Å².